The molecule has 102 valence electrons. The monoisotopic (exact) mass is 261 g/mol. The predicted octanol–water partition coefficient (Wildman–Crippen LogP) is 2.25. The number of ether oxygens (including phenoxy) is 1. The SMILES string of the molecule is CCCCOc1ccc(-n2nnc(CO)c2C)cc1. The van der Waals surface area contributed by atoms with Gasteiger partial charge in [-0.25, -0.2) is 4.68 Å². The Balaban J connectivity index is 2.11. The highest BCUT2D eigenvalue weighted by atomic mass is 16.5. The number of aliphatic hydroxyl groups excluding tert-OH is 1. The number of aromatic nitrogens is 3. The molecule has 1 N–H and O–H groups in total. The summed E-state index contributed by atoms with van der Waals surface area (Å²) in [4.78, 5) is 0. The van der Waals surface area contributed by atoms with Crippen LogP contribution in [-0.2, 0) is 6.61 Å². The van der Waals surface area contributed by atoms with E-state index in [0.717, 1.165) is 36.6 Å². The van der Waals surface area contributed by atoms with Crippen molar-refractivity contribution in [3.05, 3.63) is 35.7 Å². The van der Waals surface area contributed by atoms with Crippen LogP contribution in [-0.4, -0.2) is 26.7 Å². The largest absolute Gasteiger partial charge is 0.494 e. The molecule has 0 bridgehead atoms. The molecule has 5 nitrogen and oxygen atoms in total. The van der Waals surface area contributed by atoms with Crippen molar-refractivity contribution in [3.63, 3.8) is 0 Å². The number of unbranched alkanes of at least 4 members (excludes halogenated alkanes) is 1. The van der Waals surface area contributed by atoms with Gasteiger partial charge in [0.25, 0.3) is 0 Å². The molecule has 0 atom stereocenters. The molecule has 1 aromatic carbocycles. The van der Waals surface area contributed by atoms with Crippen LogP contribution in [0.5, 0.6) is 5.75 Å². The first kappa shape index (κ1) is 13.5. The maximum absolute atomic E-state index is 9.11. The molecule has 19 heavy (non-hydrogen) atoms. The lowest BCUT2D eigenvalue weighted by molar-refractivity contribution is 0.276. The Labute approximate surface area is 112 Å². The average molecular weight is 261 g/mol. The highest BCUT2D eigenvalue weighted by Gasteiger charge is 2.08. The minimum atomic E-state index is -0.0932. The van der Waals surface area contributed by atoms with Crippen LogP contribution in [0.4, 0.5) is 0 Å². The van der Waals surface area contributed by atoms with Gasteiger partial charge in [-0.1, -0.05) is 18.6 Å². The molecular formula is C14H19N3O2. The minimum Gasteiger partial charge on any atom is -0.494 e. The minimum absolute atomic E-state index is 0.0932. The van der Waals surface area contributed by atoms with E-state index >= 15 is 0 Å². The van der Waals surface area contributed by atoms with Gasteiger partial charge < -0.3 is 9.84 Å². The number of rotatable bonds is 6. The van der Waals surface area contributed by atoms with Gasteiger partial charge in [0.15, 0.2) is 0 Å². The quantitative estimate of drug-likeness (QED) is 0.810. The molecule has 0 aliphatic heterocycles. The van der Waals surface area contributed by atoms with Crippen molar-refractivity contribution in [1.29, 1.82) is 0 Å². The lowest BCUT2D eigenvalue weighted by Gasteiger charge is -2.07. The van der Waals surface area contributed by atoms with E-state index in [1.54, 1.807) is 4.68 Å². The van der Waals surface area contributed by atoms with Crippen LogP contribution in [0.15, 0.2) is 24.3 Å². The fourth-order valence-electron chi connectivity index (χ4n) is 1.77. The van der Waals surface area contributed by atoms with Gasteiger partial charge >= 0.3 is 0 Å². The molecule has 0 saturated carbocycles. The number of benzene rings is 1. The highest BCUT2D eigenvalue weighted by molar-refractivity contribution is 5.38. The van der Waals surface area contributed by atoms with E-state index < -0.39 is 0 Å². The van der Waals surface area contributed by atoms with Crippen LogP contribution in [0.2, 0.25) is 0 Å². The maximum atomic E-state index is 9.11. The Morgan fingerprint density at radius 2 is 2.00 bits per heavy atom. The molecule has 2 rings (SSSR count). The van der Waals surface area contributed by atoms with E-state index in [2.05, 4.69) is 17.2 Å². The van der Waals surface area contributed by atoms with Gasteiger partial charge in [0.1, 0.15) is 11.4 Å². The van der Waals surface area contributed by atoms with Crippen LogP contribution in [0.3, 0.4) is 0 Å². The van der Waals surface area contributed by atoms with E-state index in [0.29, 0.717) is 5.69 Å². The summed E-state index contributed by atoms with van der Waals surface area (Å²) in [7, 11) is 0. The second kappa shape index (κ2) is 6.33. The van der Waals surface area contributed by atoms with Crippen LogP contribution in [0.1, 0.15) is 31.2 Å². The summed E-state index contributed by atoms with van der Waals surface area (Å²) in [6.45, 7) is 4.67. The summed E-state index contributed by atoms with van der Waals surface area (Å²) < 4.78 is 7.32. The first-order valence-corrected chi connectivity index (χ1v) is 6.51. The van der Waals surface area contributed by atoms with E-state index in [-0.39, 0.29) is 6.61 Å². The summed E-state index contributed by atoms with van der Waals surface area (Å²) in [5, 5.41) is 17.1. The Kier molecular flexibility index (Phi) is 4.52. The van der Waals surface area contributed by atoms with Crippen molar-refractivity contribution in [1.82, 2.24) is 15.0 Å². The maximum Gasteiger partial charge on any atom is 0.119 e. The van der Waals surface area contributed by atoms with Crippen molar-refractivity contribution in [2.24, 2.45) is 0 Å². The van der Waals surface area contributed by atoms with Gasteiger partial charge in [-0.15, -0.1) is 5.10 Å². The molecule has 0 aliphatic carbocycles. The molecule has 0 saturated heterocycles. The van der Waals surface area contributed by atoms with E-state index in [1.807, 2.05) is 31.2 Å². The van der Waals surface area contributed by atoms with Gasteiger partial charge in [-0.2, -0.15) is 0 Å². The second-order valence-corrected chi connectivity index (χ2v) is 4.39. The zero-order valence-corrected chi connectivity index (χ0v) is 11.3. The van der Waals surface area contributed by atoms with Crippen molar-refractivity contribution >= 4 is 0 Å². The summed E-state index contributed by atoms with van der Waals surface area (Å²) >= 11 is 0. The molecule has 5 heteroatoms. The summed E-state index contributed by atoms with van der Waals surface area (Å²) in [6.07, 6.45) is 2.18. The summed E-state index contributed by atoms with van der Waals surface area (Å²) in [6, 6.07) is 7.71. The average Bonchev–Trinajstić information content (AvgIpc) is 2.81. The molecule has 1 heterocycles. The lowest BCUT2D eigenvalue weighted by atomic mass is 10.3. The second-order valence-electron chi connectivity index (χ2n) is 4.39. The van der Waals surface area contributed by atoms with Crippen molar-refractivity contribution in [3.8, 4) is 11.4 Å². The molecular weight excluding hydrogens is 242 g/mol. The van der Waals surface area contributed by atoms with E-state index in [4.69, 9.17) is 9.84 Å². The standard InChI is InChI=1S/C14H19N3O2/c1-3-4-9-19-13-7-5-12(6-8-13)17-11(2)14(10-18)15-16-17/h5-8,18H,3-4,9-10H2,1-2H3. The highest BCUT2D eigenvalue weighted by Crippen LogP contribution is 2.17. The number of hydrogen-bond donors (Lipinski definition) is 1. The molecule has 0 amide bonds. The van der Waals surface area contributed by atoms with Gasteiger partial charge in [0.2, 0.25) is 0 Å². The van der Waals surface area contributed by atoms with Crippen LogP contribution >= 0.6 is 0 Å². The predicted molar refractivity (Wildman–Crippen MR) is 72.4 cm³/mol. The molecule has 2 aromatic rings. The Morgan fingerprint density at radius 1 is 1.26 bits per heavy atom. The first-order chi connectivity index (χ1) is 9.26. The zero-order chi connectivity index (χ0) is 13.7. The summed E-state index contributed by atoms with van der Waals surface area (Å²) in [5.41, 5.74) is 2.36. The lowest BCUT2D eigenvalue weighted by Crippen LogP contribution is -2.00. The van der Waals surface area contributed by atoms with Gasteiger partial charge in [0.05, 0.1) is 24.6 Å². The third-order valence-corrected chi connectivity index (χ3v) is 2.99. The van der Waals surface area contributed by atoms with Gasteiger partial charge in [0, 0.05) is 0 Å². The molecule has 0 fully saturated rings. The van der Waals surface area contributed by atoms with Crippen LogP contribution < -0.4 is 4.74 Å². The van der Waals surface area contributed by atoms with Crippen molar-refractivity contribution in [2.75, 3.05) is 6.61 Å². The first-order valence-electron chi connectivity index (χ1n) is 6.51. The molecule has 0 spiro atoms. The third kappa shape index (κ3) is 3.12. The van der Waals surface area contributed by atoms with Crippen molar-refractivity contribution < 1.29 is 9.84 Å². The van der Waals surface area contributed by atoms with E-state index in [1.165, 1.54) is 0 Å². The van der Waals surface area contributed by atoms with Gasteiger partial charge in [-0.05, 0) is 37.6 Å². The molecule has 1 aromatic heterocycles. The smallest absolute Gasteiger partial charge is 0.119 e. The Hall–Kier alpha value is -1.88. The fourth-order valence-corrected chi connectivity index (χ4v) is 1.77. The molecule has 0 radical (unpaired) electrons. The zero-order valence-electron chi connectivity index (χ0n) is 11.3. The number of hydrogen-bond acceptors (Lipinski definition) is 4. The normalized spacial score (nSPS) is 10.7. The van der Waals surface area contributed by atoms with Gasteiger partial charge in [-0.3, -0.25) is 0 Å². The molecule has 0 unspecified atom stereocenters. The van der Waals surface area contributed by atoms with Crippen LogP contribution in [0.25, 0.3) is 5.69 Å². The fraction of sp³-hybridized carbons (Fsp3) is 0.429. The van der Waals surface area contributed by atoms with Crippen molar-refractivity contribution in [2.45, 2.75) is 33.3 Å². The topological polar surface area (TPSA) is 60.2 Å². The number of nitrogens with zero attached hydrogens (tertiary/aromatic N) is 3. The summed E-state index contributed by atoms with van der Waals surface area (Å²) in [5.74, 6) is 0.859. The Morgan fingerprint density at radius 3 is 2.58 bits per heavy atom. The van der Waals surface area contributed by atoms with E-state index in [9.17, 15) is 0 Å². The number of aliphatic hydroxyl groups is 1. The molecule has 0 aliphatic rings. The Bertz CT molecular complexity index is 520. The third-order valence-electron chi connectivity index (χ3n) is 2.99. The van der Waals surface area contributed by atoms with Crippen LogP contribution in [0, 0.1) is 6.92 Å².